The van der Waals surface area contributed by atoms with Crippen molar-refractivity contribution in [2.45, 2.75) is 69.7 Å². The van der Waals surface area contributed by atoms with Gasteiger partial charge in [0.2, 0.25) is 5.91 Å². The molecule has 166 valence electrons. The van der Waals surface area contributed by atoms with Crippen LogP contribution in [0.4, 0.5) is 0 Å². The minimum atomic E-state index is -3.03. The fourth-order valence-electron chi connectivity index (χ4n) is 5.26. The van der Waals surface area contributed by atoms with Gasteiger partial charge in [0.05, 0.1) is 24.2 Å². The summed E-state index contributed by atoms with van der Waals surface area (Å²) in [7, 11) is -3.03. The van der Waals surface area contributed by atoms with Crippen LogP contribution in [0, 0.1) is 0 Å². The average molecular weight is 435 g/mol. The van der Waals surface area contributed by atoms with Crippen LogP contribution in [0.3, 0.4) is 0 Å². The van der Waals surface area contributed by atoms with E-state index in [4.69, 9.17) is 4.74 Å². The van der Waals surface area contributed by atoms with Gasteiger partial charge in [0, 0.05) is 31.8 Å². The van der Waals surface area contributed by atoms with E-state index in [2.05, 4.69) is 17.0 Å². The molecule has 0 N–H and O–H groups in total. The summed E-state index contributed by atoms with van der Waals surface area (Å²) in [5.41, 5.74) is 1.18. The predicted molar refractivity (Wildman–Crippen MR) is 117 cm³/mol. The molecule has 0 radical (unpaired) electrons. The summed E-state index contributed by atoms with van der Waals surface area (Å²) in [6.45, 7) is 2.56. The first-order valence-electron chi connectivity index (χ1n) is 11.4. The summed E-state index contributed by atoms with van der Waals surface area (Å²) in [6, 6.07) is 10.3. The van der Waals surface area contributed by atoms with Gasteiger partial charge >= 0.3 is 0 Å². The number of rotatable bonds is 8. The van der Waals surface area contributed by atoms with E-state index < -0.39 is 9.84 Å². The van der Waals surface area contributed by atoms with Crippen molar-refractivity contribution in [3.63, 3.8) is 0 Å². The second-order valence-electron chi connectivity index (χ2n) is 9.09. The molecule has 1 aromatic rings. The number of hydrogen-bond acceptors (Lipinski definition) is 5. The van der Waals surface area contributed by atoms with Crippen LogP contribution < -0.4 is 0 Å². The summed E-state index contributed by atoms with van der Waals surface area (Å²) in [4.78, 5) is 17.7. The van der Waals surface area contributed by atoms with Crippen LogP contribution in [-0.4, -0.2) is 73.5 Å². The Labute approximate surface area is 180 Å². The highest BCUT2D eigenvalue weighted by Crippen LogP contribution is 2.29. The van der Waals surface area contributed by atoms with Gasteiger partial charge in [-0.15, -0.1) is 0 Å². The normalized spacial score (nSPS) is 26.4. The zero-order valence-electron chi connectivity index (χ0n) is 17.7. The van der Waals surface area contributed by atoms with E-state index in [1.807, 2.05) is 23.1 Å². The van der Waals surface area contributed by atoms with Crippen LogP contribution in [0.25, 0.3) is 0 Å². The summed E-state index contributed by atoms with van der Waals surface area (Å²) >= 11 is 0. The lowest BCUT2D eigenvalue weighted by molar-refractivity contribution is -0.137. The van der Waals surface area contributed by atoms with Crippen molar-refractivity contribution in [1.29, 1.82) is 0 Å². The van der Waals surface area contributed by atoms with Crippen LogP contribution in [0.2, 0.25) is 0 Å². The van der Waals surface area contributed by atoms with E-state index in [0.717, 1.165) is 51.7 Å². The zero-order chi connectivity index (χ0) is 21.0. The van der Waals surface area contributed by atoms with Gasteiger partial charge in [0.15, 0.2) is 9.84 Å². The standard InChI is InChI=1S/C23H34N2O4S/c26-23(25(20-9-4-5-10-20)21-12-14-30(27,28)18-21)17-24(16-22-11-6-13-29-22)15-19-7-2-1-3-8-19/h1-3,7-8,20-22H,4-6,9-18H2. The van der Waals surface area contributed by atoms with Gasteiger partial charge in [0.1, 0.15) is 0 Å². The minimum absolute atomic E-state index is 0.0814. The van der Waals surface area contributed by atoms with E-state index in [0.29, 0.717) is 19.5 Å². The van der Waals surface area contributed by atoms with Gasteiger partial charge in [-0.25, -0.2) is 8.42 Å². The maximum atomic E-state index is 13.6. The van der Waals surface area contributed by atoms with Gasteiger partial charge in [-0.05, 0) is 37.7 Å². The van der Waals surface area contributed by atoms with Crippen LogP contribution >= 0.6 is 0 Å². The molecule has 6 nitrogen and oxygen atoms in total. The van der Waals surface area contributed by atoms with E-state index in [1.165, 1.54) is 5.56 Å². The summed E-state index contributed by atoms with van der Waals surface area (Å²) in [5, 5.41) is 0. The Hall–Kier alpha value is -1.44. The third kappa shape index (κ3) is 5.62. The average Bonchev–Trinajstić information content (AvgIpc) is 3.46. The quantitative estimate of drug-likeness (QED) is 0.629. The van der Waals surface area contributed by atoms with Crippen LogP contribution in [0.1, 0.15) is 50.5 Å². The number of benzene rings is 1. The summed E-state index contributed by atoms with van der Waals surface area (Å²) in [5.74, 6) is 0.412. The largest absolute Gasteiger partial charge is 0.377 e. The molecule has 2 heterocycles. The van der Waals surface area contributed by atoms with Crippen molar-refractivity contribution in [3.05, 3.63) is 35.9 Å². The first-order valence-corrected chi connectivity index (χ1v) is 13.2. The van der Waals surface area contributed by atoms with Crippen molar-refractivity contribution in [2.75, 3.05) is 31.2 Å². The molecular formula is C23H34N2O4S. The first-order chi connectivity index (χ1) is 14.5. The Morgan fingerprint density at radius 2 is 1.77 bits per heavy atom. The number of carbonyl (C=O) groups is 1. The smallest absolute Gasteiger partial charge is 0.237 e. The number of ether oxygens (including phenoxy) is 1. The molecule has 2 unspecified atom stereocenters. The highest BCUT2D eigenvalue weighted by atomic mass is 32.2. The van der Waals surface area contributed by atoms with Crippen molar-refractivity contribution >= 4 is 15.7 Å². The fraction of sp³-hybridized carbons (Fsp3) is 0.696. The minimum Gasteiger partial charge on any atom is -0.377 e. The Balaban J connectivity index is 1.48. The molecule has 30 heavy (non-hydrogen) atoms. The molecule has 0 aromatic heterocycles. The lowest BCUT2D eigenvalue weighted by Gasteiger charge is -2.36. The van der Waals surface area contributed by atoms with Gasteiger partial charge < -0.3 is 9.64 Å². The van der Waals surface area contributed by atoms with Crippen molar-refractivity contribution in [2.24, 2.45) is 0 Å². The fourth-order valence-corrected chi connectivity index (χ4v) is 6.97. The SMILES string of the molecule is O=C(CN(Cc1ccccc1)CC1CCCO1)N(C1CCCC1)C1CCS(=O)(=O)C1. The van der Waals surface area contributed by atoms with E-state index >= 15 is 0 Å². The number of nitrogens with zero attached hydrogens (tertiary/aromatic N) is 2. The number of hydrogen-bond donors (Lipinski definition) is 0. The van der Waals surface area contributed by atoms with E-state index in [1.54, 1.807) is 0 Å². The van der Waals surface area contributed by atoms with Crippen molar-refractivity contribution in [3.8, 4) is 0 Å². The Morgan fingerprint density at radius 1 is 1.00 bits per heavy atom. The zero-order valence-corrected chi connectivity index (χ0v) is 18.6. The Kier molecular flexibility index (Phi) is 7.11. The van der Waals surface area contributed by atoms with Crippen LogP contribution in [0.5, 0.6) is 0 Å². The van der Waals surface area contributed by atoms with Gasteiger partial charge in [-0.2, -0.15) is 0 Å². The molecule has 0 spiro atoms. The maximum absolute atomic E-state index is 13.6. The second-order valence-corrected chi connectivity index (χ2v) is 11.3. The predicted octanol–water partition coefficient (Wildman–Crippen LogP) is 2.63. The third-order valence-corrected chi connectivity index (χ3v) is 8.45. The molecule has 2 saturated heterocycles. The molecule has 2 aliphatic heterocycles. The van der Waals surface area contributed by atoms with E-state index in [-0.39, 0.29) is 35.6 Å². The maximum Gasteiger partial charge on any atom is 0.237 e. The van der Waals surface area contributed by atoms with Gasteiger partial charge in [0.25, 0.3) is 0 Å². The molecule has 0 bridgehead atoms. The Morgan fingerprint density at radius 3 is 2.40 bits per heavy atom. The Bertz CT molecular complexity index is 802. The van der Waals surface area contributed by atoms with Gasteiger partial charge in [-0.1, -0.05) is 43.2 Å². The summed E-state index contributed by atoms with van der Waals surface area (Å²) in [6.07, 6.45) is 7.09. The van der Waals surface area contributed by atoms with Crippen LogP contribution in [-0.2, 0) is 25.9 Å². The molecular weight excluding hydrogens is 400 g/mol. The van der Waals surface area contributed by atoms with Crippen molar-refractivity contribution < 1.29 is 17.9 Å². The molecule has 7 heteroatoms. The molecule has 3 aliphatic rings. The first kappa shape index (κ1) is 21.8. The lowest BCUT2D eigenvalue weighted by Crippen LogP contribution is -2.51. The van der Waals surface area contributed by atoms with E-state index in [9.17, 15) is 13.2 Å². The number of sulfone groups is 1. The molecule has 1 amide bonds. The topological polar surface area (TPSA) is 66.9 Å². The lowest BCUT2D eigenvalue weighted by atomic mass is 10.1. The number of carbonyl (C=O) groups excluding carboxylic acids is 1. The molecule has 3 fully saturated rings. The molecule has 1 saturated carbocycles. The third-order valence-electron chi connectivity index (χ3n) is 6.70. The monoisotopic (exact) mass is 434 g/mol. The molecule has 4 rings (SSSR count). The second kappa shape index (κ2) is 9.79. The molecule has 2 atom stereocenters. The highest BCUT2D eigenvalue weighted by molar-refractivity contribution is 7.91. The van der Waals surface area contributed by atoms with Gasteiger partial charge in [-0.3, -0.25) is 9.69 Å². The summed E-state index contributed by atoms with van der Waals surface area (Å²) < 4.78 is 30.1. The van der Waals surface area contributed by atoms with Crippen LogP contribution in [0.15, 0.2) is 30.3 Å². The number of amides is 1. The molecule has 1 aliphatic carbocycles. The highest BCUT2D eigenvalue weighted by Gasteiger charge is 2.39. The van der Waals surface area contributed by atoms with Crippen molar-refractivity contribution in [1.82, 2.24) is 9.80 Å². The molecule has 1 aromatic carbocycles.